The standard InChI is InChI=1S/C25H19ClF3N3O4S2/c1-36-19-9-6-16(7-10-19)21-14-37-24(31-21)32-23(33)17-4-2-15(3-5-17)13-30-38(34,35)22-12-18(25(27,28)29)8-11-20(22)26/h2-12,14,30H,13H2,1H3,(H,31,32,33). The number of carbonyl (C=O) groups is 1. The van der Waals surface area contributed by atoms with Crippen molar-refractivity contribution in [2.75, 3.05) is 12.4 Å². The van der Waals surface area contributed by atoms with E-state index in [-0.39, 0.29) is 11.6 Å². The van der Waals surface area contributed by atoms with Crippen LogP contribution >= 0.6 is 22.9 Å². The number of benzene rings is 3. The van der Waals surface area contributed by atoms with Crippen LogP contribution in [0.2, 0.25) is 5.02 Å². The van der Waals surface area contributed by atoms with Crippen LogP contribution in [0.15, 0.2) is 77.0 Å². The minimum atomic E-state index is -4.72. The fraction of sp³-hybridized carbons (Fsp3) is 0.120. The lowest BCUT2D eigenvalue weighted by Crippen LogP contribution is -2.24. The minimum absolute atomic E-state index is 0.228. The molecule has 0 aliphatic rings. The van der Waals surface area contributed by atoms with Crippen molar-refractivity contribution in [2.24, 2.45) is 0 Å². The molecule has 4 aromatic rings. The molecule has 0 radical (unpaired) electrons. The summed E-state index contributed by atoms with van der Waals surface area (Å²) in [7, 11) is -2.76. The third kappa shape index (κ3) is 6.51. The van der Waals surface area contributed by atoms with Crippen LogP contribution in [0.4, 0.5) is 18.3 Å². The second kappa shape index (κ2) is 11.1. The summed E-state index contributed by atoms with van der Waals surface area (Å²) in [4.78, 5) is 16.4. The van der Waals surface area contributed by atoms with Gasteiger partial charge in [-0.2, -0.15) is 13.2 Å². The van der Waals surface area contributed by atoms with E-state index in [4.69, 9.17) is 16.3 Å². The van der Waals surface area contributed by atoms with Gasteiger partial charge >= 0.3 is 6.18 Å². The van der Waals surface area contributed by atoms with Crippen molar-refractivity contribution in [3.63, 3.8) is 0 Å². The molecule has 13 heteroatoms. The number of rotatable bonds is 8. The Kier molecular flexibility index (Phi) is 8.07. The number of amides is 1. The molecule has 38 heavy (non-hydrogen) atoms. The van der Waals surface area contributed by atoms with Crippen molar-refractivity contribution in [3.05, 3.63) is 93.8 Å². The van der Waals surface area contributed by atoms with Gasteiger partial charge in [0.2, 0.25) is 10.0 Å². The molecule has 0 fully saturated rings. The predicted molar refractivity (Wildman–Crippen MR) is 139 cm³/mol. The number of ether oxygens (including phenoxy) is 1. The third-order valence-corrected chi connectivity index (χ3v) is 7.98. The van der Waals surface area contributed by atoms with E-state index in [0.29, 0.717) is 39.8 Å². The monoisotopic (exact) mass is 581 g/mol. The molecule has 0 saturated heterocycles. The number of halogens is 4. The topological polar surface area (TPSA) is 97.4 Å². The normalized spacial score (nSPS) is 11.8. The smallest absolute Gasteiger partial charge is 0.416 e. The molecule has 0 unspecified atom stereocenters. The van der Waals surface area contributed by atoms with E-state index in [2.05, 4.69) is 15.0 Å². The number of thiazole rings is 1. The Labute approximate surface area is 225 Å². The number of methoxy groups -OCH3 is 1. The molecule has 1 heterocycles. The van der Waals surface area contributed by atoms with E-state index in [9.17, 15) is 26.4 Å². The van der Waals surface area contributed by atoms with Crippen LogP contribution in [0.5, 0.6) is 5.75 Å². The number of nitrogens with one attached hydrogen (secondary N) is 2. The van der Waals surface area contributed by atoms with E-state index >= 15 is 0 Å². The van der Waals surface area contributed by atoms with Crippen LogP contribution < -0.4 is 14.8 Å². The number of carbonyl (C=O) groups excluding carboxylic acids is 1. The van der Waals surface area contributed by atoms with E-state index in [1.54, 1.807) is 7.11 Å². The largest absolute Gasteiger partial charge is 0.497 e. The number of hydrogen-bond donors (Lipinski definition) is 2. The van der Waals surface area contributed by atoms with Crippen LogP contribution in [0.1, 0.15) is 21.5 Å². The zero-order chi connectivity index (χ0) is 27.5. The fourth-order valence-electron chi connectivity index (χ4n) is 3.31. The van der Waals surface area contributed by atoms with Crippen molar-refractivity contribution in [2.45, 2.75) is 17.6 Å². The van der Waals surface area contributed by atoms with E-state index in [1.165, 1.54) is 35.6 Å². The van der Waals surface area contributed by atoms with Gasteiger partial charge in [-0.15, -0.1) is 11.3 Å². The van der Waals surface area contributed by atoms with Crippen molar-refractivity contribution in [1.29, 1.82) is 0 Å². The minimum Gasteiger partial charge on any atom is -0.497 e. The van der Waals surface area contributed by atoms with Crippen LogP contribution in [0.25, 0.3) is 11.3 Å². The maximum atomic E-state index is 13.0. The molecule has 4 rings (SSSR count). The number of nitrogens with zero attached hydrogens (tertiary/aromatic N) is 1. The lowest BCUT2D eigenvalue weighted by atomic mass is 10.1. The Hall–Kier alpha value is -3.45. The Morgan fingerprint density at radius 3 is 2.37 bits per heavy atom. The quantitative estimate of drug-likeness (QED) is 0.257. The molecule has 198 valence electrons. The first-order valence-electron chi connectivity index (χ1n) is 10.8. The van der Waals surface area contributed by atoms with Gasteiger partial charge in [-0.05, 0) is 60.2 Å². The highest BCUT2D eigenvalue weighted by atomic mass is 35.5. The Balaban J connectivity index is 1.39. The maximum Gasteiger partial charge on any atom is 0.416 e. The van der Waals surface area contributed by atoms with Crippen molar-refractivity contribution in [3.8, 4) is 17.0 Å². The molecule has 0 aliphatic carbocycles. The lowest BCUT2D eigenvalue weighted by molar-refractivity contribution is -0.137. The van der Waals surface area contributed by atoms with Gasteiger partial charge in [0.05, 0.1) is 23.4 Å². The summed E-state index contributed by atoms with van der Waals surface area (Å²) in [6.45, 7) is -0.228. The molecule has 1 amide bonds. The van der Waals surface area contributed by atoms with E-state index in [1.807, 2.05) is 29.6 Å². The zero-order valence-electron chi connectivity index (χ0n) is 19.5. The van der Waals surface area contributed by atoms with Gasteiger partial charge in [0.25, 0.3) is 5.91 Å². The molecular weight excluding hydrogens is 563 g/mol. The highest BCUT2D eigenvalue weighted by Gasteiger charge is 2.32. The van der Waals surface area contributed by atoms with Crippen LogP contribution in [-0.2, 0) is 22.7 Å². The highest BCUT2D eigenvalue weighted by Crippen LogP contribution is 2.33. The lowest BCUT2D eigenvalue weighted by Gasteiger charge is -2.12. The number of anilines is 1. The van der Waals surface area contributed by atoms with Crippen molar-refractivity contribution in [1.82, 2.24) is 9.71 Å². The van der Waals surface area contributed by atoms with Crippen LogP contribution in [0.3, 0.4) is 0 Å². The Morgan fingerprint density at radius 1 is 1.05 bits per heavy atom. The van der Waals surface area contributed by atoms with Gasteiger partial charge in [0.1, 0.15) is 10.6 Å². The Bertz CT molecular complexity index is 1560. The average Bonchev–Trinajstić information content (AvgIpc) is 3.35. The van der Waals surface area contributed by atoms with Crippen molar-refractivity contribution >= 4 is 44.0 Å². The van der Waals surface area contributed by atoms with E-state index in [0.717, 1.165) is 11.6 Å². The summed E-state index contributed by atoms with van der Waals surface area (Å²) in [5.41, 5.74) is 1.20. The number of alkyl halides is 3. The molecule has 1 aromatic heterocycles. The van der Waals surface area contributed by atoms with Crippen LogP contribution in [-0.4, -0.2) is 26.4 Å². The molecule has 3 aromatic carbocycles. The summed E-state index contributed by atoms with van der Waals surface area (Å²) in [6, 6.07) is 15.4. The second-order valence-corrected chi connectivity index (χ2v) is 10.9. The van der Waals surface area contributed by atoms with Gasteiger partial charge < -0.3 is 4.74 Å². The summed E-state index contributed by atoms with van der Waals surface area (Å²) in [5, 5.41) is 4.59. The highest BCUT2D eigenvalue weighted by molar-refractivity contribution is 7.89. The summed E-state index contributed by atoms with van der Waals surface area (Å²) in [5.74, 6) is 0.303. The van der Waals surface area contributed by atoms with Gasteiger partial charge in [-0.1, -0.05) is 23.7 Å². The molecule has 2 N–H and O–H groups in total. The SMILES string of the molecule is COc1ccc(-c2csc(NC(=O)c3ccc(CNS(=O)(=O)c4cc(C(F)(F)F)ccc4Cl)cc3)n2)cc1. The summed E-state index contributed by atoms with van der Waals surface area (Å²) >= 11 is 7.10. The predicted octanol–water partition coefficient (Wildman–Crippen LogP) is 6.22. The van der Waals surface area contributed by atoms with Crippen molar-refractivity contribution < 1.29 is 31.1 Å². The first-order chi connectivity index (χ1) is 18.0. The summed E-state index contributed by atoms with van der Waals surface area (Å²) < 4.78 is 71.5. The first kappa shape index (κ1) is 27.6. The first-order valence-corrected chi connectivity index (χ1v) is 13.6. The van der Waals surface area contributed by atoms with E-state index < -0.39 is 32.6 Å². The van der Waals surface area contributed by atoms with Gasteiger partial charge in [-0.25, -0.2) is 18.1 Å². The molecule has 0 atom stereocenters. The molecule has 0 bridgehead atoms. The second-order valence-electron chi connectivity index (χ2n) is 7.88. The molecule has 0 aliphatic heterocycles. The fourth-order valence-corrected chi connectivity index (χ4v) is 5.57. The number of hydrogen-bond acceptors (Lipinski definition) is 6. The third-order valence-electron chi connectivity index (χ3n) is 5.34. The molecule has 0 saturated carbocycles. The van der Waals surface area contributed by atoms with Gasteiger partial charge in [0, 0.05) is 23.1 Å². The summed E-state index contributed by atoms with van der Waals surface area (Å²) in [6.07, 6.45) is -4.72. The zero-order valence-corrected chi connectivity index (χ0v) is 21.9. The maximum absolute atomic E-state index is 13.0. The van der Waals surface area contributed by atoms with Gasteiger partial charge in [-0.3, -0.25) is 10.1 Å². The number of aromatic nitrogens is 1. The van der Waals surface area contributed by atoms with Crippen LogP contribution in [0, 0.1) is 0 Å². The Morgan fingerprint density at radius 2 is 1.74 bits per heavy atom. The number of sulfonamides is 1. The van der Waals surface area contributed by atoms with Gasteiger partial charge in [0.15, 0.2) is 5.13 Å². The average molecular weight is 582 g/mol. The molecule has 7 nitrogen and oxygen atoms in total. The molecular formula is C25H19ClF3N3O4S2. The molecule has 0 spiro atoms.